The molecule has 13 heavy (non-hydrogen) atoms. The smallest absolute Gasteiger partial charge is 0.241 e. The molecule has 0 fully saturated rings. The average molecular weight is 198 g/mol. The molecule has 0 saturated heterocycles. The van der Waals surface area contributed by atoms with Crippen LogP contribution in [0.15, 0.2) is 11.8 Å². The van der Waals surface area contributed by atoms with Crippen molar-refractivity contribution >= 4 is 8.32 Å². The standard InChI is InChI=1S/C11H22OSi/c1-10-7-5-6-8-11(9-10)12-13(2,3)4/h9-10H,5-8H2,1-4H3/t10-/m1/s1. The first-order valence-electron chi connectivity index (χ1n) is 5.37. The fourth-order valence-corrected chi connectivity index (χ4v) is 2.68. The lowest BCUT2D eigenvalue weighted by Crippen LogP contribution is -2.24. The van der Waals surface area contributed by atoms with Crippen molar-refractivity contribution in [3.05, 3.63) is 11.8 Å². The second-order valence-electron chi connectivity index (χ2n) is 5.07. The lowest BCUT2D eigenvalue weighted by atomic mass is 10.1. The van der Waals surface area contributed by atoms with Gasteiger partial charge in [-0.1, -0.05) is 13.3 Å². The Bertz CT molecular complexity index is 191. The van der Waals surface area contributed by atoms with Crippen molar-refractivity contribution in [2.45, 2.75) is 52.2 Å². The second kappa shape index (κ2) is 4.31. The molecule has 0 heterocycles. The minimum atomic E-state index is -1.36. The molecule has 0 aromatic heterocycles. The minimum Gasteiger partial charge on any atom is -0.548 e. The Hall–Kier alpha value is -0.243. The highest BCUT2D eigenvalue weighted by Gasteiger charge is 2.19. The monoisotopic (exact) mass is 198 g/mol. The Labute approximate surface area is 83.3 Å². The van der Waals surface area contributed by atoms with Gasteiger partial charge in [0.15, 0.2) is 0 Å². The van der Waals surface area contributed by atoms with Crippen LogP contribution in [0.1, 0.15) is 32.6 Å². The normalized spacial score (nSPS) is 24.9. The van der Waals surface area contributed by atoms with Crippen molar-refractivity contribution in [3.63, 3.8) is 0 Å². The van der Waals surface area contributed by atoms with Gasteiger partial charge in [-0.2, -0.15) is 0 Å². The molecule has 0 amide bonds. The van der Waals surface area contributed by atoms with E-state index in [1.807, 2.05) is 0 Å². The van der Waals surface area contributed by atoms with Gasteiger partial charge in [0.25, 0.3) is 0 Å². The van der Waals surface area contributed by atoms with Gasteiger partial charge >= 0.3 is 0 Å². The quantitative estimate of drug-likeness (QED) is 0.611. The van der Waals surface area contributed by atoms with E-state index in [-0.39, 0.29) is 0 Å². The highest BCUT2D eigenvalue weighted by molar-refractivity contribution is 6.70. The van der Waals surface area contributed by atoms with Gasteiger partial charge in [-0.25, -0.2) is 0 Å². The molecule has 0 aromatic rings. The summed E-state index contributed by atoms with van der Waals surface area (Å²) >= 11 is 0. The third kappa shape index (κ3) is 4.51. The third-order valence-corrected chi connectivity index (χ3v) is 3.11. The van der Waals surface area contributed by atoms with E-state index in [1.165, 1.54) is 25.0 Å². The van der Waals surface area contributed by atoms with Crippen molar-refractivity contribution < 1.29 is 4.43 Å². The van der Waals surface area contributed by atoms with E-state index < -0.39 is 8.32 Å². The Morgan fingerprint density at radius 2 is 2.00 bits per heavy atom. The van der Waals surface area contributed by atoms with Crippen LogP contribution in [0.25, 0.3) is 0 Å². The lowest BCUT2D eigenvalue weighted by molar-refractivity contribution is 0.395. The predicted octanol–water partition coefficient (Wildman–Crippen LogP) is 3.93. The zero-order valence-corrected chi connectivity index (χ0v) is 10.4. The Morgan fingerprint density at radius 3 is 2.62 bits per heavy atom. The van der Waals surface area contributed by atoms with E-state index in [9.17, 15) is 0 Å². The topological polar surface area (TPSA) is 9.23 Å². The zero-order chi connectivity index (χ0) is 9.90. The van der Waals surface area contributed by atoms with E-state index in [1.54, 1.807) is 0 Å². The maximum absolute atomic E-state index is 6.03. The van der Waals surface area contributed by atoms with Crippen LogP contribution in [0.4, 0.5) is 0 Å². The SMILES string of the molecule is C[C@H]1C=C(O[Si](C)(C)C)CCCC1. The molecule has 0 saturated carbocycles. The molecular weight excluding hydrogens is 176 g/mol. The molecule has 1 rings (SSSR count). The summed E-state index contributed by atoms with van der Waals surface area (Å²) in [4.78, 5) is 0. The number of hydrogen-bond acceptors (Lipinski definition) is 1. The Morgan fingerprint density at radius 1 is 1.31 bits per heavy atom. The van der Waals surface area contributed by atoms with Crippen LogP contribution in [-0.4, -0.2) is 8.32 Å². The van der Waals surface area contributed by atoms with E-state index in [0.717, 1.165) is 6.42 Å². The molecule has 76 valence electrons. The van der Waals surface area contributed by atoms with Gasteiger partial charge < -0.3 is 4.43 Å². The number of hydrogen-bond donors (Lipinski definition) is 0. The summed E-state index contributed by atoms with van der Waals surface area (Å²) in [6.45, 7) is 9.05. The van der Waals surface area contributed by atoms with Gasteiger partial charge in [0, 0.05) is 6.42 Å². The van der Waals surface area contributed by atoms with Gasteiger partial charge in [-0.15, -0.1) is 0 Å². The lowest BCUT2D eigenvalue weighted by Gasteiger charge is -2.21. The van der Waals surface area contributed by atoms with Crippen LogP contribution in [-0.2, 0) is 4.43 Å². The summed E-state index contributed by atoms with van der Waals surface area (Å²) < 4.78 is 6.03. The van der Waals surface area contributed by atoms with Crippen molar-refractivity contribution in [2.24, 2.45) is 5.92 Å². The molecule has 1 nitrogen and oxygen atoms in total. The Kier molecular flexibility index (Phi) is 3.60. The molecule has 2 heteroatoms. The van der Waals surface area contributed by atoms with Gasteiger partial charge in [-0.05, 0) is 44.5 Å². The fraction of sp³-hybridized carbons (Fsp3) is 0.818. The predicted molar refractivity (Wildman–Crippen MR) is 60.1 cm³/mol. The van der Waals surface area contributed by atoms with E-state index in [4.69, 9.17) is 4.43 Å². The van der Waals surface area contributed by atoms with Crippen molar-refractivity contribution in [3.8, 4) is 0 Å². The van der Waals surface area contributed by atoms with E-state index in [2.05, 4.69) is 32.6 Å². The third-order valence-electron chi connectivity index (χ3n) is 2.24. The van der Waals surface area contributed by atoms with Crippen LogP contribution < -0.4 is 0 Å². The zero-order valence-electron chi connectivity index (χ0n) is 9.39. The summed E-state index contributed by atoms with van der Waals surface area (Å²) in [6.07, 6.45) is 7.50. The summed E-state index contributed by atoms with van der Waals surface area (Å²) in [7, 11) is -1.36. The first kappa shape index (κ1) is 10.8. The van der Waals surface area contributed by atoms with Gasteiger partial charge in [-0.3, -0.25) is 0 Å². The highest BCUT2D eigenvalue weighted by Crippen LogP contribution is 2.24. The molecular formula is C11H22OSi. The van der Waals surface area contributed by atoms with Crippen molar-refractivity contribution in [2.75, 3.05) is 0 Å². The first-order valence-corrected chi connectivity index (χ1v) is 8.78. The molecule has 0 aromatic carbocycles. The van der Waals surface area contributed by atoms with E-state index in [0.29, 0.717) is 5.92 Å². The molecule has 0 unspecified atom stereocenters. The fourth-order valence-electron chi connectivity index (χ4n) is 1.73. The summed E-state index contributed by atoms with van der Waals surface area (Å²) in [5, 5.41) is 0. The maximum atomic E-state index is 6.03. The molecule has 1 aliphatic rings. The van der Waals surface area contributed by atoms with E-state index >= 15 is 0 Å². The van der Waals surface area contributed by atoms with Crippen LogP contribution in [0, 0.1) is 5.92 Å². The molecule has 0 spiro atoms. The number of rotatable bonds is 2. The van der Waals surface area contributed by atoms with Crippen LogP contribution >= 0.6 is 0 Å². The second-order valence-corrected chi connectivity index (χ2v) is 9.50. The van der Waals surface area contributed by atoms with Gasteiger partial charge in [0.05, 0.1) is 5.76 Å². The highest BCUT2D eigenvalue weighted by atomic mass is 28.4. The molecule has 1 atom stereocenters. The van der Waals surface area contributed by atoms with Crippen molar-refractivity contribution in [1.82, 2.24) is 0 Å². The minimum absolute atomic E-state index is 0.717. The molecule has 0 N–H and O–H groups in total. The van der Waals surface area contributed by atoms with Crippen molar-refractivity contribution in [1.29, 1.82) is 0 Å². The van der Waals surface area contributed by atoms with Crippen LogP contribution in [0.5, 0.6) is 0 Å². The molecule has 0 bridgehead atoms. The van der Waals surface area contributed by atoms with Crippen LogP contribution in [0.2, 0.25) is 19.6 Å². The Balaban J connectivity index is 2.56. The average Bonchev–Trinajstić information content (AvgIpc) is 2.10. The molecule has 1 aliphatic carbocycles. The maximum Gasteiger partial charge on any atom is 0.241 e. The summed E-state index contributed by atoms with van der Waals surface area (Å²) in [6, 6.07) is 0. The van der Waals surface area contributed by atoms with Gasteiger partial charge in [0.1, 0.15) is 0 Å². The molecule has 0 aliphatic heterocycles. The number of allylic oxidation sites excluding steroid dienone is 2. The summed E-state index contributed by atoms with van der Waals surface area (Å²) in [5.41, 5.74) is 0. The largest absolute Gasteiger partial charge is 0.548 e. The molecule has 0 radical (unpaired) electrons. The first-order chi connectivity index (χ1) is 5.97. The van der Waals surface area contributed by atoms with Gasteiger partial charge in [0.2, 0.25) is 8.32 Å². The van der Waals surface area contributed by atoms with Crippen LogP contribution in [0.3, 0.4) is 0 Å². The summed E-state index contributed by atoms with van der Waals surface area (Å²) in [5.74, 6) is 1.98.